The molecular weight excluding hydrogens is 282 g/mol. The molecule has 1 aromatic heterocycles. The molecule has 0 fully saturated rings. The molecule has 0 spiro atoms. The van der Waals surface area contributed by atoms with E-state index in [-0.39, 0.29) is 6.04 Å². The van der Waals surface area contributed by atoms with Crippen LogP contribution in [0.5, 0.6) is 0 Å². The maximum Gasteiger partial charge on any atom is 0.0741 e. The highest BCUT2D eigenvalue weighted by atomic mass is 79.9. The number of nitrogens with zero attached hydrogens (tertiary/aromatic N) is 2. The molecule has 0 radical (unpaired) electrons. The highest BCUT2D eigenvalue weighted by molar-refractivity contribution is 9.10. The molecule has 17 heavy (non-hydrogen) atoms. The summed E-state index contributed by atoms with van der Waals surface area (Å²) >= 11 is 3.56. The highest BCUT2D eigenvalue weighted by Crippen LogP contribution is 2.23. The van der Waals surface area contributed by atoms with Gasteiger partial charge < -0.3 is 10.1 Å². The van der Waals surface area contributed by atoms with Crippen LogP contribution >= 0.6 is 15.9 Å². The number of nitrogens with one attached hydrogen (secondary N) is 1. The molecule has 1 N–H and O–H groups in total. The highest BCUT2D eigenvalue weighted by Gasteiger charge is 2.18. The normalized spacial score (nSPS) is 12.9. The van der Waals surface area contributed by atoms with E-state index in [1.54, 1.807) is 0 Å². The topological polar surface area (TPSA) is 39.1 Å². The van der Waals surface area contributed by atoms with Crippen molar-refractivity contribution in [3.63, 3.8) is 0 Å². The van der Waals surface area contributed by atoms with Crippen molar-refractivity contribution in [3.05, 3.63) is 16.4 Å². The van der Waals surface area contributed by atoms with Crippen LogP contribution in [0, 0.1) is 0 Å². The molecule has 5 heteroatoms. The van der Waals surface area contributed by atoms with E-state index in [0.717, 1.165) is 30.6 Å². The second-order valence-electron chi connectivity index (χ2n) is 3.88. The molecule has 98 valence electrons. The fourth-order valence-electron chi connectivity index (χ4n) is 1.80. The number of hydrogen-bond acceptors (Lipinski definition) is 3. The summed E-state index contributed by atoms with van der Waals surface area (Å²) in [6, 6.07) is 0.198. The fraction of sp³-hybridized carbons (Fsp3) is 0.750. The molecule has 0 aliphatic carbocycles. The third-order valence-electron chi connectivity index (χ3n) is 2.55. The fourth-order valence-corrected chi connectivity index (χ4v) is 2.37. The molecule has 1 heterocycles. The van der Waals surface area contributed by atoms with E-state index >= 15 is 0 Å². The Morgan fingerprint density at radius 2 is 2.24 bits per heavy atom. The number of aromatic nitrogens is 2. The number of ether oxygens (including phenoxy) is 1. The minimum atomic E-state index is 0.198. The Bertz CT molecular complexity index is 328. The minimum absolute atomic E-state index is 0.198. The van der Waals surface area contributed by atoms with Gasteiger partial charge in [-0.05, 0) is 35.8 Å². The van der Waals surface area contributed by atoms with Gasteiger partial charge in [0, 0.05) is 13.2 Å². The van der Waals surface area contributed by atoms with Gasteiger partial charge in [0.1, 0.15) is 0 Å². The number of hydrogen-bond donors (Lipinski definition) is 1. The zero-order chi connectivity index (χ0) is 12.7. The monoisotopic (exact) mass is 303 g/mol. The first-order chi connectivity index (χ1) is 8.24. The third kappa shape index (κ3) is 4.08. The lowest BCUT2D eigenvalue weighted by Crippen LogP contribution is -2.28. The third-order valence-corrected chi connectivity index (χ3v) is 3.16. The lowest BCUT2D eigenvalue weighted by molar-refractivity contribution is 0.110. The molecule has 0 amide bonds. The number of aryl methyl sites for hydroxylation is 1. The van der Waals surface area contributed by atoms with Crippen LogP contribution in [0.1, 0.15) is 38.9 Å². The first-order valence-corrected chi connectivity index (χ1v) is 7.06. The lowest BCUT2D eigenvalue weighted by atomic mass is 10.2. The van der Waals surface area contributed by atoms with Crippen LogP contribution in [-0.2, 0) is 11.3 Å². The average molecular weight is 304 g/mol. The van der Waals surface area contributed by atoms with Crippen molar-refractivity contribution in [3.8, 4) is 0 Å². The van der Waals surface area contributed by atoms with E-state index in [4.69, 9.17) is 4.74 Å². The SMILES string of the molecule is CCCOCC(NCC)c1c(Br)cnn1CC. The quantitative estimate of drug-likeness (QED) is 0.751. The van der Waals surface area contributed by atoms with Crippen molar-refractivity contribution in [2.24, 2.45) is 0 Å². The van der Waals surface area contributed by atoms with Gasteiger partial charge >= 0.3 is 0 Å². The van der Waals surface area contributed by atoms with Crippen molar-refractivity contribution in [2.75, 3.05) is 19.8 Å². The van der Waals surface area contributed by atoms with Crippen LogP contribution in [0.2, 0.25) is 0 Å². The van der Waals surface area contributed by atoms with E-state index in [2.05, 4.69) is 47.1 Å². The largest absolute Gasteiger partial charge is 0.379 e. The van der Waals surface area contributed by atoms with Crippen molar-refractivity contribution in [2.45, 2.75) is 39.8 Å². The first-order valence-electron chi connectivity index (χ1n) is 6.26. The molecule has 0 bridgehead atoms. The van der Waals surface area contributed by atoms with Gasteiger partial charge in [0.15, 0.2) is 0 Å². The minimum Gasteiger partial charge on any atom is -0.379 e. The molecule has 1 atom stereocenters. The van der Waals surface area contributed by atoms with Gasteiger partial charge in [0.2, 0.25) is 0 Å². The zero-order valence-corrected chi connectivity index (χ0v) is 12.5. The molecule has 4 nitrogen and oxygen atoms in total. The Hall–Kier alpha value is -0.390. The van der Waals surface area contributed by atoms with Gasteiger partial charge in [-0.2, -0.15) is 5.10 Å². The molecule has 1 unspecified atom stereocenters. The maximum absolute atomic E-state index is 5.65. The van der Waals surface area contributed by atoms with Crippen LogP contribution in [0.25, 0.3) is 0 Å². The van der Waals surface area contributed by atoms with Crippen molar-refractivity contribution < 1.29 is 4.74 Å². The second kappa shape index (κ2) is 7.84. The van der Waals surface area contributed by atoms with Crippen molar-refractivity contribution in [1.82, 2.24) is 15.1 Å². The van der Waals surface area contributed by atoms with E-state index in [1.165, 1.54) is 5.69 Å². The van der Waals surface area contributed by atoms with Gasteiger partial charge in [0.05, 0.1) is 29.0 Å². The summed E-state index contributed by atoms with van der Waals surface area (Å²) in [6.45, 7) is 9.60. The Morgan fingerprint density at radius 1 is 1.47 bits per heavy atom. The molecule has 0 saturated carbocycles. The molecule has 0 aromatic carbocycles. The first kappa shape index (κ1) is 14.7. The summed E-state index contributed by atoms with van der Waals surface area (Å²) in [6.07, 6.45) is 2.90. The van der Waals surface area contributed by atoms with Gasteiger partial charge in [-0.1, -0.05) is 13.8 Å². The average Bonchev–Trinajstić information content (AvgIpc) is 2.69. The molecule has 0 aliphatic rings. The van der Waals surface area contributed by atoms with Gasteiger partial charge in [-0.25, -0.2) is 0 Å². The Morgan fingerprint density at radius 3 is 2.82 bits per heavy atom. The summed E-state index contributed by atoms with van der Waals surface area (Å²) in [5, 5.41) is 7.78. The Labute approximate surface area is 112 Å². The lowest BCUT2D eigenvalue weighted by Gasteiger charge is -2.19. The van der Waals surface area contributed by atoms with Crippen molar-refractivity contribution in [1.29, 1.82) is 0 Å². The predicted molar refractivity (Wildman–Crippen MR) is 73.1 cm³/mol. The predicted octanol–water partition coefficient (Wildman–Crippen LogP) is 2.74. The van der Waals surface area contributed by atoms with E-state index in [0.29, 0.717) is 6.61 Å². The second-order valence-corrected chi connectivity index (χ2v) is 4.73. The number of likely N-dealkylation sites (N-methyl/N-ethyl adjacent to an activating group) is 1. The summed E-state index contributed by atoms with van der Waals surface area (Å²) in [7, 11) is 0. The molecular formula is C12H22BrN3O. The maximum atomic E-state index is 5.65. The van der Waals surface area contributed by atoms with Crippen LogP contribution in [0.3, 0.4) is 0 Å². The van der Waals surface area contributed by atoms with Crippen LogP contribution < -0.4 is 5.32 Å². The van der Waals surface area contributed by atoms with Gasteiger partial charge in [-0.15, -0.1) is 0 Å². The molecule has 0 saturated heterocycles. The summed E-state index contributed by atoms with van der Waals surface area (Å²) in [5.74, 6) is 0. The van der Waals surface area contributed by atoms with Crippen LogP contribution in [0.4, 0.5) is 0 Å². The molecule has 1 rings (SSSR count). The Balaban J connectivity index is 2.76. The zero-order valence-electron chi connectivity index (χ0n) is 10.9. The standard InChI is InChI=1S/C12H22BrN3O/c1-4-7-17-9-11(14-5-2)12-10(13)8-15-16(12)6-3/h8,11,14H,4-7,9H2,1-3H3. The number of rotatable bonds is 8. The van der Waals surface area contributed by atoms with Crippen LogP contribution in [0.15, 0.2) is 10.7 Å². The Kier molecular flexibility index (Phi) is 6.77. The summed E-state index contributed by atoms with van der Waals surface area (Å²) in [5.41, 5.74) is 1.17. The summed E-state index contributed by atoms with van der Waals surface area (Å²) < 4.78 is 8.70. The molecule has 1 aromatic rings. The van der Waals surface area contributed by atoms with E-state index < -0.39 is 0 Å². The smallest absolute Gasteiger partial charge is 0.0741 e. The van der Waals surface area contributed by atoms with Gasteiger partial charge in [0.25, 0.3) is 0 Å². The van der Waals surface area contributed by atoms with E-state index in [1.807, 2.05) is 10.9 Å². The summed E-state index contributed by atoms with van der Waals surface area (Å²) in [4.78, 5) is 0. The van der Waals surface area contributed by atoms with Gasteiger partial charge in [-0.3, -0.25) is 4.68 Å². The van der Waals surface area contributed by atoms with E-state index in [9.17, 15) is 0 Å². The van der Waals surface area contributed by atoms with Crippen LogP contribution in [-0.4, -0.2) is 29.5 Å². The molecule has 0 aliphatic heterocycles. The number of halogens is 1. The van der Waals surface area contributed by atoms with Crippen molar-refractivity contribution >= 4 is 15.9 Å².